The van der Waals surface area contributed by atoms with Gasteiger partial charge in [0.25, 0.3) is 0 Å². The van der Waals surface area contributed by atoms with Crippen molar-refractivity contribution in [3.63, 3.8) is 0 Å². The Hall–Kier alpha value is -1.42. The van der Waals surface area contributed by atoms with Gasteiger partial charge in [0.1, 0.15) is 0 Å². The number of nitrogens with one attached hydrogen (secondary N) is 1. The fraction of sp³-hybridized carbons (Fsp3) is 0.538. The highest BCUT2D eigenvalue weighted by atomic mass is 16.7. The lowest BCUT2D eigenvalue weighted by atomic mass is 9.87. The maximum Gasteiger partial charge on any atom is 0.246 e. The van der Waals surface area contributed by atoms with E-state index in [2.05, 4.69) is 5.32 Å². The molecule has 92 valence electrons. The van der Waals surface area contributed by atoms with Crippen molar-refractivity contribution in [2.75, 3.05) is 5.32 Å². The minimum atomic E-state index is -0.556. The van der Waals surface area contributed by atoms with Crippen LogP contribution in [-0.2, 0) is 0 Å². The van der Waals surface area contributed by atoms with Crippen molar-refractivity contribution in [1.29, 1.82) is 0 Å². The average Bonchev–Trinajstić information content (AvgIpc) is 2.48. The maximum absolute atomic E-state index is 5.76. The normalized spacial score (nSPS) is 28.6. The Morgan fingerprint density at radius 2 is 1.94 bits per heavy atom. The number of ether oxygens (including phenoxy) is 2. The molecule has 3 N–H and O–H groups in total. The van der Waals surface area contributed by atoms with E-state index in [-0.39, 0.29) is 0 Å². The van der Waals surface area contributed by atoms with Crippen molar-refractivity contribution in [1.82, 2.24) is 0 Å². The fourth-order valence-electron chi connectivity index (χ4n) is 2.33. The molecule has 1 aliphatic carbocycles. The van der Waals surface area contributed by atoms with E-state index < -0.39 is 5.79 Å². The first-order chi connectivity index (χ1) is 8.02. The lowest BCUT2D eigenvalue weighted by molar-refractivity contribution is -0.0431. The predicted molar refractivity (Wildman–Crippen MR) is 66.4 cm³/mol. The number of rotatable bonds is 2. The summed E-state index contributed by atoms with van der Waals surface area (Å²) in [5.41, 5.74) is 6.83. The second-order valence-electron chi connectivity index (χ2n) is 5.34. The smallest absolute Gasteiger partial charge is 0.246 e. The maximum atomic E-state index is 5.76. The van der Waals surface area contributed by atoms with Gasteiger partial charge in [-0.1, -0.05) is 0 Å². The standard InChI is InChI=1S/C13H18N2O2/c1-13(2)16-11-4-3-9(7-12(11)17-13)15-10-5-8(14)6-10/h3-4,7-8,10,15H,5-6,14H2,1-2H3. The van der Waals surface area contributed by atoms with Crippen LogP contribution in [0.1, 0.15) is 26.7 Å². The van der Waals surface area contributed by atoms with Crippen molar-refractivity contribution in [2.24, 2.45) is 5.73 Å². The fourth-order valence-corrected chi connectivity index (χ4v) is 2.33. The van der Waals surface area contributed by atoms with Crippen molar-refractivity contribution >= 4 is 5.69 Å². The number of nitrogens with two attached hydrogens (primary N) is 1. The van der Waals surface area contributed by atoms with Crippen molar-refractivity contribution < 1.29 is 9.47 Å². The third-order valence-electron chi connectivity index (χ3n) is 3.20. The van der Waals surface area contributed by atoms with Crippen LogP contribution in [0.4, 0.5) is 5.69 Å². The molecular weight excluding hydrogens is 216 g/mol. The number of fused-ring (bicyclic) bond motifs is 1. The second-order valence-corrected chi connectivity index (χ2v) is 5.34. The molecule has 0 amide bonds. The first-order valence-corrected chi connectivity index (χ1v) is 6.06. The van der Waals surface area contributed by atoms with Crippen molar-refractivity contribution in [3.8, 4) is 11.5 Å². The highest BCUT2D eigenvalue weighted by molar-refractivity contribution is 5.56. The van der Waals surface area contributed by atoms with Crippen LogP contribution in [0.3, 0.4) is 0 Å². The molecule has 1 saturated carbocycles. The molecule has 0 unspecified atom stereocenters. The lowest BCUT2D eigenvalue weighted by Crippen LogP contribution is -2.44. The molecule has 1 aromatic carbocycles. The Balaban J connectivity index is 1.72. The SMILES string of the molecule is CC1(C)Oc2ccc(NC3CC(N)C3)cc2O1. The summed E-state index contributed by atoms with van der Waals surface area (Å²) >= 11 is 0. The van der Waals surface area contributed by atoms with Gasteiger partial charge in [-0.05, 0) is 25.0 Å². The Bertz CT molecular complexity index is 439. The molecule has 0 aromatic heterocycles. The Kier molecular flexibility index (Phi) is 2.23. The van der Waals surface area contributed by atoms with E-state index >= 15 is 0 Å². The van der Waals surface area contributed by atoms with Gasteiger partial charge in [0.2, 0.25) is 5.79 Å². The molecule has 4 nitrogen and oxygen atoms in total. The van der Waals surface area contributed by atoms with E-state index in [1.165, 1.54) is 0 Å². The van der Waals surface area contributed by atoms with Gasteiger partial charge in [-0.3, -0.25) is 0 Å². The van der Waals surface area contributed by atoms with Crippen LogP contribution in [0.15, 0.2) is 18.2 Å². The van der Waals surface area contributed by atoms with Crippen LogP contribution in [0.5, 0.6) is 11.5 Å². The van der Waals surface area contributed by atoms with Crippen LogP contribution in [0, 0.1) is 0 Å². The molecule has 1 fully saturated rings. The van der Waals surface area contributed by atoms with Crippen molar-refractivity contribution in [3.05, 3.63) is 18.2 Å². The average molecular weight is 234 g/mol. The summed E-state index contributed by atoms with van der Waals surface area (Å²) in [6.07, 6.45) is 2.08. The van der Waals surface area contributed by atoms with Crippen LogP contribution < -0.4 is 20.5 Å². The van der Waals surface area contributed by atoms with E-state index in [4.69, 9.17) is 15.2 Å². The molecule has 0 radical (unpaired) electrons. The molecule has 4 heteroatoms. The summed E-state index contributed by atoms with van der Waals surface area (Å²) in [7, 11) is 0. The molecule has 1 aliphatic heterocycles. The van der Waals surface area contributed by atoms with E-state index in [1.54, 1.807) is 0 Å². The van der Waals surface area contributed by atoms with Crippen LogP contribution >= 0.6 is 0 Å². The molecule has 0 atom stereocenters. The molecule has 1 heterocycles. The predicted octanol–water partition coefficient (Wildman–Crippen LogP) is 2.10. The van der Waals surface area contributed by atoms with E-state index in [0.29, 0.717) is 12.1 Å². The second kappa shape index (κ2) is 3.53. The van der Waals surface area contributed by atoms with Crippen LogP contribution in [0.2, 0.25) is 0 Å². The lowest BCUT2D eigenvalue weighted by Gasteiger charge is -2.33. The van der Waals surface area contributed by atoms with Gasteiger partial charge < -0.3 is 20.5 Å². The molecule has 17 heavy (non-hydrogen) atoms. The Morgan fingerprint density at radius 3 is 2.65 bits per heavy atom. The Labute approximate surface area is 101 Å². The monoisotopic (exact) mass is 234 g/mol. The third-order valence-corrected chi connectivity index (χ3v) is 3.20. The summed E-state index contributed by atoms with van der Waals surface area (Å²) in [5.74, 6) is 1.06. The molecule has 0 bridgehead atoms. The summed E-state index contributed by atoms with van der Waals surface area (Å²) in [5, 5.41) is 3.45. The number of hydrogen-bond donors (Lipinski definition) is 2. The minimum Gasteiger partial charge on any atom is -0.449 e. The minimum absolute atomic E-state index is 0.362. The number of hydrogen-bond acceptors (Lipinski definition) is 4. The van der Waals surface area contributed by atoms with E-state index in [9.17, 15) is 0 Å². The largest absolute Gasteiger partial charge is 0.449 e. The zero-order valence-corrected chi connectivity index (χ0v) is 10.2. The molecule has 0 spiro atoms. The van der Waals surface area contributed by atoms with E-state index in [1.807, 2.05) is 32.0 Å². The summed E-state index contributed by atoms with van der Waals surface area (Å²) in [4.78, 5) is 0. The summed E-state index contributed by atoms with van der Waals surface area (Å²) in [6.45, 7) is 3.82. The molecular formula is C13H18N2O2. The molecule has 3 rings (SSSR count). The topological polar surface area (TPSA) is 56.5 Å². The van der Waals surface area contributed by atoms with Crippen LogP contribution in [0.25, 0.3) is 0 Å². The summed E-state index contributed by atoms with van der Waals surface area (Å²) < 4.78 is 11.3. The van der Waals surface area contributed by atoms with Gasteiger partial charge in [-0.15, -0.1) is 0 Å². The van der Waals surface area contributed by atoms with Gasteiger partial charge in [0.05, 0.1) is 0 Å². The van der Waals surface area contributed by atoms with Gasteiger partial charge in [0, 0.05) is 37.7 Å². The zero-order valence-electron chi connectivity index (χ0n) is 10.2. The number of benzene rings is 1. The first-order valence-electron chi connectivity index (χ1n) is 6.06. The Morgan fingerprint density at radius 1 is 1.24 bits per heavy atom. The molecule has 1 aromatic rings. The van der Waals surface area contributed by atoms with Gasteiger partial charge in [0.15, 0.2) is 11.5 Å². The zero-order chi connectivity index (χ0) is 12.0. The van der Waals surface area contributed by atoms with Gasteiger partial charge >= 0.3 is 0 Å². The molecule has 2 aliphatic rings. The van der Waals surface area contributed by atoms with Gasteiger partial charge in [-0.2, -0.15) is 0 Å². The summed E-state index contributed by atoms with van der Waals surface area (Å²) in [6, 6.07) is 6.82. The molecule has 0 saturated heterocycles. The van der Waals surface area contributed by atoms with Crippen molar-refractivity contribution in [2.45, 2.75) is 44.6 Å². The first kappa shape index (κ1) is 10.7. The third kappa shape index (κ3) is 2.05. The van der Waals surface area contributed by atoms with E-state index in [0.717, 1.165) is 30.0 Å². The quantitative estimate of drug-likeness (QED) is 0.822. The highest BCUT2D eigenvalue weighted by Gasteiger charge is 2.32. The number of anilines is 1. The van der Waals surface area contributed by atoms with Crippen LogP contribution in [-0.4, -0.2) is 17.9 Å². The highest BCUT2D eigenvalue weighted by Crippen LogP contribution is 2.41. The van der Waals surface area contributed by atoms with Gasteiger partial charge in [-0.25, -0.2) is 0 Å².